The van der Waals surface area contributed by atoms with Gasteiger partial charge >= 0.3 is 5.97 Å². The van der Waals surface area contributed by atoms with Crippen LogP contribution in [0.2, 0.25) is 0 Å². The summed E-state index contributed by atoms with van der Waals surface area (Å²) in [4.78, 5) is 26.9. The number of benzene rings is 1. The summed E-state index contributed by atoms with van der Waals surface area (Å²) in [5.74, 6) is -0.787. The molecule has 0 radical (unpaired) electrons. The van der Waals surface area contributed by atoms with Crippen molar-refractivity contribution < 1.29 is 22.7 Å². The van der Waals surface area contributed by atoms with Crippen LogP contribution in [0.15, 0.2) is 29.1 Å². The Labute approximate surface area is 213 Å². The third kappa shape index (κ3) is 7.17. The zero-order chi connectivity index (χ0) is 26.1. The molecule has 0 spiro atoms. The van der Waals surface area contributed by atoms with E-state index in [1.165, 1.54) is 10.8 Å². The lowest BCUT2D eigenvalue weighted by Crippen LogP contribution is -2.39. The Kier molecular flexibility index (Phi) is 9.65. The lowest BCUT2D eigenvalue weighted by atomic mass is 10.3. The van der Waals surface area contributed by atoms with Crippen LogP contribution < -0.4 is 24.8 Å². The van der Waals surface area contributed by atoms with Gasteiger partial charge in [0.1, 0.15) is 15.3 Å². The van der Waals surface area contributed by atoms with Crippen molar-refractivity contribution in [3.8, 4) is 6.07 Å². The normalized spacial score (nSPS) is 15.8. The molecule has 36 heavy (non-hydrogen) atoms. The van der Waals surface area contributed by atoms with E-state index in [0.29, 0.717) is 35.7 Å². The minimum absolute atomic E-state index is 0.0152. The van der Waals surface area contributed by atoms with Crippen molar-refractivity contribution in [2.24, 2.45) is 0 Å². The molecule has 0 amide bonds. The number of esters is 1. The molecule has 1 aliphatic heterocycles. The molecule has 0 aliphatic carbocycles. The SMILES string of the molecule is CCOC(=O)/C(C#N)=c1\s/c(=C/Nc2ccc(NS(=O)(=O)CCN3CCOCC3)cc2)c(=O)n1CC. The number of anilines is 2. The number of nitrogens with zero attached hydrogens (tertiary/aromatic N) is 3. The lowest BCUT2D eigenvalue weighted by Gasteiger charge is -2.26. The average molecular weight is 536 g/mol. The molecule has 1 aromatic heterocycles. The Bertz CT molecular complexity index is 1380. The quantitative estimate of drug-likeness (QED) is 0.405. The highest BCUT2D eigenvalue weighted by atomic mass is 32.2. The second kappa shape index (κ2) is 12.7. The number of sulfonamides is 1. The first-order valence-electron chi connectivity index (χ1n) is 11.5. The first-order valence-corrected chi connectivity index (χ1v) is 13.9. The molecule has 1 aliphatic rings. The van der Waals surface area contributed by atoms with E-state index < -0.39 is 16.0 Å². The second-order valence-corrected chi connectivity index (χ2v) is 10.6. The summed E-state index contributed by atoms with van der Waals surface area (Å²) in [7, 11) is -3.50. The minimum atomic E-state index is -3.50. The van der Waals surface area contributed by atoms with E-state index in [4.69, 9.17) is 9.47 Å². The van der Waals surface area contributed by atoms with Gasteiger partial charge in [-0.15, -0.1) is 11.3 Å². The van der Waals surface area contributed by atoms with E-state index in [2.05, 4.69) is 14.9 Å². The summed E-state index contributed by atoms with van der Waals surface area (Å²) in [6.07, 6.45) is 1.49. The number of carbonyl (C=O) groups is 1. The average Bonchev–Trinajstić information content (AvgIpc) is 3.18. The highest BCUT2D eigenvalue weighted by Gasteiger charge is 2.17. The van der Waals surface area contributed by atoms with Gasteiger partial charge in [0.25, 0.3) is 5.56 Å². The number of hydrogen-bond donors (Lipinski definition) is 2. The van der Waals surface area contributed by atoms with Crippen LogP contribution in [-0.2, 0) is 30.8 Å². The van der Waals surface area contributed by atoms with Crippen LogP contribution >= 0.6 is 11.3 Å². The van der Waals surface area contributed by atoms with E-state index in [1.54, 1.807) is 38.1 Å². The highest BCUT2D eigenvalue weighted by molar-refractivity contribution is 7.92. The number of nitrogens with one attached hydrogen (secondary N) is 2. The summed E-state index contributed by atoms with van der Waals surface area (Å²) in [6, 6.07) is 8.43. The summed E-state index contributed by atoms with van der Waals surface area (Å²) < 4.78 is 39.5. The van der Waals surface area contributed by atoms with Crippen molar-refractivity contribution in [2.75, 3.05) is 55.2 Å². The Hall–Kier alpha value is -3.18. The molecule has 0 unspecified atom stereocenters. The molecular weight excluding hydrogens is 506 g/mol. The molecule has 2 N–H and O–H groups in total. The molecule has 194 valence electrons. The Balaban J connectivity index is 1.72. The van der Waals surface area contributed by atoms with Crippen molar-refractivity contribution in [1.82, 2.24) is 9.47 Å². The van der Waals surface area contributed by atoms with Crippen LogP contribution in [0, 0.1) is 11.3 Å². The van der Waals surface area contributed by atoms with Gasteiger partial charge in [-0.05, 0) is 38.1 Å². The molecule has 0 bridgehead atoms. The van der Waals surface area contributed by atoms with Gasteiger partial charge in [-0.2, -0.15) is 5.26 Å². The molecule has 2 aromatic rings. The van der Waals surface area contributed by atoms with Crippen LogP contribution in [0.25, 0.3) is 11.8 Å². The number of nitriles is 1. The van der Waals surface area contributed by atoms with Gasteiger partial charge in [0.2, 0.25) is 10.0 Å². The van der Waals surface area contributed by atoms with Gasteiger partial charge in [-0.1, -0.05) is 0 Å². The number of carbonyl (C=O) groups excluding carboxylic acids is 1. The molecule has 1 fully saturated rings. The first-order chi connectivity index (χ1) is 17.3. The number of ether oxygens (including phenoxy) is 2. The van der Waals surface area contributed by atoms with Crippen molar-refractivity contribution in [2.45, 2.75) is 20.4 Å². The smallest absolute Gasteiger partial charge is 0.351 e. The van der Waals surface area contributed by atoms with E-state index in [9.17, 15) is 23.3 Å². The first kappa shape index (κ1) is 27.4. The zero-order valence-electron chi connectivity index (χ0n) is 20.2. The summed E-state index contributed by atoms with van der Waals surface area (Å²) in [6.45, 7) is 6.89. The maximum atomic E-state index is 12.8. The molecule has 0 atom stereocenters. The molecule has 1 saturated heterocycles. The van der Waals surface area contributed by atoms with Gasteiger partial charge in [0, 0.05) is 43.8 Å². The molecule has 3 rings (SSSR count). The molecule has 2 heterocycles. The van der Waals surface area contributed by atoms with Gasteiger partial charge < -0.3 is 14.8 Å². The topological polar surface area (TPSA) is 143 Å². The fourth-order valence-electron chi connectivity index (χ4n) is 3.46. The molecule has 13 heteroatoms. The van der Waals surface area contributed by atoms with E-state index >= 15 is 0 Å². The second-order valence-electron chi connectivity index (χ2n) is 7.77. The summed E-state index contributed by atoms with van der Waals surface area (Å²) in [5, 5.41) is 12.4. The molecule has 1 aromatic carbocycles. The van der Waals surface area contributed by atoms with Crippen LogP contribution in [0.3, 0.4) is 0 Å². The zero-order valence-corrected chi connectivity index (χ0v) is 21.8. The highest BCUT2D eigenvalue weighted by Crippen LogP contribution is 2.15. The van der Waals surface area contributed by atoms with Crippen LogP contribution in [-0.4, -0.2) is 69.1 Å². The van der Waals surface area contributed by atoms with Gasteiger partial charge in [-0.25, -0.2) is 13.2 Å². The van der Waals surface area contributed by atoms with Gasteiger partial charge in [0.15, 0.2) is 5.57 Å². The van der Waals surface area contributed by atoms with E-state index in [0.717, 1.165) is 24.4 Å². The number of rotatable bonds is 10. The van der Waals surface area contributed by atoms with Gasteiger partial charge in [0.05, 0.1) is 25.6 Å². The van der Waals surface area contributed by atoms with Crippen molar-refractivity contribution >= 4 is 50.5 Å². The third-order valence-electron chi connectivity index (χ3n) is 5.34. The summed E-state index contributed by atoms with van der Waals surface area (Å²) in [5.41, 5.74) is 0.493. The van der Waals surface area contributed by atoms with E-state index in [1.807, 2.05) is 6.07 Å². The number of morpholine rings is 1. The fraction of sp³-hybridized carbons (Fsp3) is 0.435. The maximum Gasteiger partial charge on any atom is 0.351 e. The minimum Gasteiger partial charge on any atom is -0.462 e. The van der Waals surface area contributed by atoms with Gasteiger partial charge in [-0.3, -0.25) is 19.0 Å². The Morgan fingerprint density at radius 2 is 1.89 bits per heavy atom. The number of hydrogen-bond acceptors (Lipinski definition) is 10. The number of thiazole rings is 1. The summed E-state index contributed by atoms with van der Waals surface area (Å²) >= 11 is 1.01. The van der Waals surface area contributed by atoms with Crippen LogP contribution in [0.1, 0.15) is 13.8 Å². The predicted molar refractivity (Wildman–Crippen MR) is 138 cm³/mol. The largest absolute Gasteiger partial charge is 0.462 e. The molecule has 11 nitrogen and oxygen atoms in total. The van der Waals surface area contributed by atoms with Crippen molar-refractivity contribution in [1.29, 1.82) is 5.26 Å². The maximum absolute atomic E-state index is 12.8. The Morgan fingerprint density at radius 1 is 1.22 bits per heavy atom. The lowest BCUT2D eigenvalue weighted by molar-refractivity contribution is -0.136. The molecular formula is C23H29N5O6S2. The number of aromatic nitrogens is 1. The monoisotopic (exact) mass is 535 g/mol. The Morgan fingerprint density at radius 3 is 2.50 bits per heavy atom. The standard InChI is InChI=1S/C23H29N5O6S2/c1-3-28-21(29)20(35-22(28)19(15-24)23(30)34-4-2)16-25-17-5-7-18(8-6-17)26-36(31,32)14-11-27-9-12-33-13-10-27/h5-8,16,25-26H,3-4,9-14H2,1-2H3/b20-16+,22-19-. The predicted octanol–water partition coefficient (Wildman–Crippen LogP) is 0.0911. The fourth-order valence-corrected chi connectivity index (χ4v) is 5.64. The van der Waals surface area contributed by atoms with Crippen molar-refractivity contribution in [3.05, 3.63) is 43.8 Å². The van der Waals surface area contributed by atoms with Crippen LogP contribution in [0.5, 0.6) is 0 Å². The van der Waals surface area contributed by atoms with Crippen molar-refractivity contribution in [3.63, 3.8) is 0 Å². The third-order valence-corrected chi connectivity index (χ3v) is 7.73. The molecule has 0 saturated carbocycles. The van der Waals surface area contributed by atoms with Crippen LogP contribution in [0.4, 0.5) is 11.4 Å². The van der Waals surface area contributed by atoms with E-state index in [-0.39, 0.29) is 34.7 Å².